The Balaban J connectivity index is 1.54. The average Bonchev–Trinajstić information content (AvgIpc) is 2.98. The molecule has 1 unspecified atom stereocenters. The lowest BCUT2D eigenvalue weighted by molar-refractivity contribution is 0.156. The summed E-state index contributed by atoms with van der Waals surface area (Å²) in [5, 5.41) is 3.58. The van der Waals surface area contributed by atoms with Crippen molar-refractivity contribution in [2.24, 2.45) is 5.92 Å². The number of nitrogens with one attached hydrogen (secondary N) is 1. The highest BCUT2D eigenvalue weighted by Gasteiger charge is 2.28. The molecule has 1 aromatic rings. The first kappa shape index (κ1) is 14.0. The van der Waals surface area contributed by atoms with E-state index in [0.717, 1.165) is 38.4 Å². The summed E-state index contributed by atoms with van der Waals surface area (Å²) in [5.41, 5.74) is 0.474. The number of rotatable bonds is 3. The van der Waals surface area contributed by atoms with Crippen molar-refractivity contribution in [2.75, 3.05) is 19.6 Å². The summed E-state index contributed by atoms with van der Waals surface area (Å²) in [7, 11) is 0. The van der Waals surface area contributed by atoms with Crippen LogP contribution in [0, 0.1) is 17.6 Å². The van der Waals surface area contributed by atoms with Crippen molar-refractivity contribution < 1.29 is 8.78 Å². The van der Waals surface area contributed by atoms with Crippen LogP contribution in [0.1, 0.15) is 31.2 Å². The molecule has 0 bridgehead atoms. The molecule has 2 fully saturated rings. The number of likely N-dealkylation sites (tertiary alicyclic amines) is 1. The Labute approximate surface area is 119 Å². The van der Waals surface area contributed by atoms with E-state index in [2.05, 4.69) is 10.2 Å². The summed E-state index contributed by atoms with van der Waals surface area (Å²) in [6, 6.07) is 4.40. The molecule has 2 aliphatic rings. The monoisotopic (exact) mass is 280 g/mol. The molecule has 0 spiro atoms. The first-order valence-corrected chi connectivity index (χ1v) is 7.62. The van der Waals surface area contributed by atoms with Gasteiger partial charge in [-0.2, -0.15) is 0 Å². The number of hydrogen-bond donors (Lipinski definition) is 1. The molecule has 0 amide bonds. The maximum absolute atomic E-state index is 13.6. The van der Waals surface area contributed by atoms with Crippen molar-refractivity contribution in [1.82, 2.24) is 10.2 Å². The van der Waals surface area contributed by atoms with Crippen LogP contribution < -0.4 is 5.32 Å². The fraction of sp³-hybridized carbons (Fsp3) is 0.625. The summed E-state index contributed by atoms with van der Waals surface area (Å²) in [6.07, 6.45) is 4.91. The Bertz CT molecular complexity index is 450. The highest BCUT2D eigenvalue weighted by Crippen LogP contribution is 2.26. The van der Waals surface area contributed by atoms with E-state index in [1.54, 1.807) is 0 Å². The predicted molar refractivity (Wildman–Crippen MR) is 75.4 cm³/mol. The summed E-state index contributed by atoms with van der Waals surface area (Å²) < 4.78 is 26.8. The number of nitrogens with zero attached hydrogens (tertiary/aromatic N) is 1. The molecule has 20 heavy (non-hydrogen) atoms. The van der Waals surface area contributed by atoms with E-state index < -0.39 is 0 Å². The second-order valence-electron chi connectivity index (χ2n) is 6.05. The molecule has 2 nitrogen and oxygen atoms in total. The summed E-state index contributed by atoms with van der Waals surface area (Å²) in [6.45, 7) is 3.64. The van der Waals surface area contributed by atoms with Crippen LogP contribution >= 0.6 is 0 Å². The second-order valence-corrected chi connectivity index (χ2v) is 6.05. The van der Waals surface area contributed by atoms with E-state index in [4.69, 9.17) is 0 Å². The van der Waals surface area contributed by atoms with Gasteiger partial charge in [0.2, 0.25) is 0 Å². The van der Waals surface area contributed by atoms with Gasteiger partial charge in [0.25, 0.3) is 0 Å². The summed E-state index contributed by atoms with van der Waals surface area (Å²) >= 11 is 0. The third-order valence-corrected chi connectivity index (χ3v) is 4.70. The maximum atomic E-state index is 13.6. The minimum atomic E-state index is -0.355. The molecular formula is C16H22F2N2. The largest absolute Gasteiger partial charge is 0.314 e. The van der Waals surface area contributed by atoms with Crippen LogP contribution in [0.3, 0.4) is 0 Å². The van der Waals surface area contributed by atoms with Gasteiger partial charge in [0.1, 0.15) is 11.6 Å². The van der Waals surface area contributed by atoms with E-state index in [1.165, 1.54) is 31.0 Å². The normalized spacial score (nSPS) is 25.2. The van der Waals surface area contributed by atoms with Gasteiger partial charge in [-0.3, -0.25) is 4.90 Å². The maximum Gasteiger partial charge on any atom is 0.127 e. The lowest BCUT2D eigenvalue weighted by atomic mass is 9.88. The van der Waals surface area contributed by atoms with Crippen LogP contribution in [-0.4, -0.2) is 30.6 Å². The molecule has 0 radical (unpaired) electrons. The molecule has 0 saturated carbocycles. The highest BCUT2D eigenvalue weighted by molar-refractivity contribution is 5.18. The minimum Gasteiger partial charge on any atom is -0.314 e. The smallest absolute Gasteiger partial charge is 0.127 e. The van der Waals surface area contributed by atoms with Crippen LogP contribution in [0.2, 0.25) is 0 Å². The van der Waals surface area contributed by atoms with Crippen molar-refractivity contribution in [1.29, 1.82) is 0 Å². The number of benzene rings is 1. The van der Waals surface area contributed by atoms with E-state index in [1.807, 2.05) is 0 Å². The van der Waals surface area contributed by atoms with E-state index in [0.29, 0.717) is 18.2 Å². The van der Waals surface area contributed by atoms with Gasteiger partial charge in [0.15, 0.2) is 0 Å². The molecule has 1 N–H and O–H groups in total. The molecule has 110 valence electrons. The molecule has 2 aliphatic heterocycles. The standard InChI is InChI=1S/C16H22F2N2/c17-14-3-4-15(18)13(10-14)11-20-8-5-12(6-9-20)16-2-1-7-19-16/h3-4,10,12,16,19H,1-2,5-9,11H2. The Kier molecular flexibility index (Phi) is 4.32. The Morgan fingerprint density at radius 2 is 1.95 bits per heavy atom. The molecule has 4 heteroatoms. The zero-order valence-electron chi connectivity index (χ0n) is 11.7. The van der Waals surface area contributed by atoms with Crippen molar-refractivity contribution in [2.45, 2.75) is 38.3 Å². The molecule has 1 aromatic carbocycles. The van der Waals surface area contributed by atoms with Gasteiger partial charge < -0.3 is 5.32 Å². The number of hydrogen-bond acceptors (Lipinski definition) is 2. The van der Waals surface area contributed by atoms with Crippen molar-refractivity contribution in [3.63, 3.8) is 0 Å². The summed E-state index contributed by atoms with van der Waals surface area (Å²) in [4.78, 5) is 2.24. The van der Waals surface area contributed by atoms with Gasteiger partial charge in [-0.25, -0.2) is 8.78 Å². The lowest BCUT2D eigenvalue weighted by Gasteiger charge is -2.35. The topological polar surface area (TPSA) is 15.3 Å². The first-order chi connectivity index (χ1) is 9.72. The Morgan fingerprint density at radius 1 is 1.15 bits per heavy atom. The SMILES string of the molecule is Fc1ccc(F)c(CN2CCC(C3CCCN3)CC2)c1. The number of halogens is 2. The predicted octanol–water partition coefficient (Wildman–Crippen LogP) is 2.93. The molecule has 0 aromatic heterocycles. The Hall–Kier alpha value is -1.00. The molecule has 2 heterocycles. The molecule has 1 atom stereocenters. The highest BCUT2D eigenvalue weighted by atomic mass is 19.1. The molecule has 3 rings (SSSR count). The van der Waals surface area contributed by atoms with Gasteiger partial charge in [0.05, 0.1) is 0 Å². The molecule has 2 saturated heterocycles. The van der Waals surface area contributed by atoms with Crippen molar-refractivity contribution in [3.05, 3.63) is 35.4 Å². The van der Waals surface area contributed by atoms with E-state index in [9.17, 15) is 8.78 Å². The minimum absolute atomic E-state index is 0.300. The van der Waals surface area contributed by atoms with Gasteiger partial charge in [-0.05, 0) is 69.4 Å². The molecule has 0 aliphatic carbocycles. The fourth-order valence-electron chi connectivity index (χ4n) is 3.53. The molecular weight excluding hydrogens is 258 g/mol. The fourth-order valence-corrected chi connectivity index (χ4v) is 3.53. The van der Waals surface area contributed by atoms with Crippen LogP contribution in [0.4, 0.5) is 8.78 Å². The second kappa shape index (κ2) is 6.19. The van der Waals surface area contributed by atoms with Crippen molar-refractivity contribution >= 4 is 0 Å². The van der Waals surface area contributed by atoms with Crippen LogP contribution in [-0.2, 0) is 6.54 Å². The summed E-state index contributed by atoms with van der Waals surface area (Å²) in [5.74, 6) is 0.100. The first-order valence-electron chi connectivity index (χ1n) is 7.62. The lowest BCUT2D eigenvalue weighted by Crippen LogP contribution is -2.40. The Morgan fingerprint density at radius 3 is 2.65 bits per heavy atom. The quantitative estimate of drug-likeness (QED) is 0.916. The van der Waals surface area contributed by atoms with Gasteiger partial charge in [0, 0.05) is 18.2 Å². The van der Waals surface area contributed by atoms with Gasteiger partial charge >= 0.3 is 0 Å². The van der Waals surface area contributed by atoms with Crippen LogP contribution in [0.15, 0.2) is 18.2 Å². The average molecular weight is 280 g/mol. The van der Waals surface area contributed by atoms with Gasteiger partial charge in [-0.1, -0.05) is 0 Å². The zero-order valence-corrected chi connectivity index (χ0v) is 11.7. The van der Waals surface area contributed by atoms with E-state index >= 15 is 0 Å². The zero-order chi connectivity index (χ0) is 13.9. The van der Waals surface area contributed by atoms with E-state index in [-0.39, 0.29) is 11.6 Å². The van der Waals surface area contributed by atoms with Crippen LogP contribution in [0.25, 0.3) is 0 Å². The van der Waals surface area contributed by atoms with Crippen LogP contribution in [0.5, 0.6) is 0 Å². The van der Waals surface area contributed by atoms with Gasteiger partial charge in [-0.15, -0.1) is 0 Å². The number of piperidine rings is 1. The van der Waals surface area contributed by atoms with Crippen molar-refractivity contribution in [3.8, 4) is 0 Å². The third kappa shape index (κ3) is 3.18. The third-order valence-electron chi connectivity index (χ3n) is 4.70.